The van der Waals surface area contributed by atoms with Crippen molar-refractivity contribution in [2.24, 2.45) is 0 Å². The van der Waals surface area contributed by atoms with E-state index >= 15 is 0 Å². The molecule has 1 N–H and O–H groups in total. The van der Waals surface area contributed by atoms with Gasteiger partial charge in [0.2, 0.25) is 0 Å². The topological polar surface area (TPSA) is 45.8 Å². The van der Waals surface area contributed by atoms with Crippen LogP contribution in [0.2, 0.25) is 10.0 Å². The Morgan fingerprint density at radius 1 is 1.25 bits per heavy atom. The van der Waals surface area contributed by atoms with Crippen molar-refractivity contribution in [2.45, 2.75) is 12.6 Å². The van der Waals surface area contributed by atoms with E-state index in [-0.39, 0.29) is 11.4 Å². The van der Waals surface area contributed by atoms with Crippen LogP contribution in [0.4, 0.5) is 13.2 Å². The molecule has 2 rings (SSSR count). The summed E-state index contributed by atoms with van der Waals surface area (Å²) >= 11 is 11.6. The molecule has 3 nitrogen and oxygen atoms in total. The van der Waals surface area contributed by atoms with Gasteiger partial charge in [-0.3, -0.25) is 4.79 Å². The number of hydrogen-bond acceptors (Lipinski definition) is 2. The highest BCUT2D eigenvalue weighted by atomic mass is 35.5. The second-order valence-corrected chi connectivity index (χ2v) is 4.81. The van der Waals surface area contributed by atoms with Crippen LogP contribution in [0.25, 0.3) is 0 Å². The fourth-order valence-corrected chi connectivity index (χ4v) is 2.17. The Bertz CT molecular complexity index is 698. The number of halogens is 5. The van der Waals surface area contributed by atoms with Crippen molar-refractivity contribution in [3.8, 4) is 0 Å². The maximum absolute atomic E-state index is 12.8. The third-order valence-electron chi connectivity index (χ3n) is 2.60. The number of aromatic amines is 1. The van der Waals surface area contributed by atoms with E-state index in [1.165, 1.54) is 18.2 Å². The Morgan fingerprint density at radius 3 is 2.55 bits per heavy atom. The van der Waals surface area contributed by atoms with E-state index in [0.29, 0.717) is 10.6 Å². The highest BCUT2D eigenvalue weighted by Gasteiger charge is 2.36. The first-order chi connectivity index (χ1) is 9.29. The molecule has 8 heteroatoms. The summed E-state index contributed by atoms with van der Waals surface area (Å²) in [6.45, 7) is 0. The molecule has 0 amide bonds. The molecule has 0 fully saturated rings. The van der Waals surface area contributed by atoms with Gasteiger partial charge in [0.05, 0.1) is 11.9 Å². The van der Waals surface area contributed by atoms with E-state index in [1.54, 1.807) is 0 Å². The first-order valence-electron chi connectivity index (χ1n) is 5.36. The highest BCUT2D eigenvalue weighted by Crippen LogP contribution is 2.31. The summed E-state index contributed by atoms with van der Waals surface area (Å²) in [4.78, 5) is 16.9. The molecule has 0 aliphatic heterocycles. The van der Waals surface area contributed by atoms with Gasteiger partial charge in [0.1, 0.15) is 0 Å². The fourth-order valence-electron chi connectivity index (χ4n) is 1.69. The quantitative estimate of drug-likeness (QED) is 0.916. The molecule has 0 saturated heterocycles. The zero-order chi connectivity index (χ0) is 14.9. The van der Waals surface area contributed by atoms with Gasteiger partial charge in [0, 0.05) is 16.5 Å². The zero-order valence-electron chi connectivity index (χ0n) is 9.76. The lowest BCUT2D eigenvalue weighted by molar-refractivity contribution is -0.141. The molecule has 106 valence electrons. The molecule has 0 saturated carbocycles. The first kappa shape index (κ1) is 14.9. The van der Waals surface area contributed by atoms with Crippen molar-refractivity contribution in [2.75, 3.05) is 0 Å². The van der Waals surface area contributed by atoms with Crippen LogP contribution in [-0.2, 0) is 12.6 Å². The second kappa shape index (κ2) is 5.46. The van der Waals surface area contributed by atoms with Crippen LogP contribution in [0.5, 0.6) is 0 Å². The van der Waals surface area contributed by atoms with Crippen LogP contribution in [0.15, 0.2) is 29.3 Å². The van der Waals surface area contributed by atoms with Crippen molar-refractivity contribution in [1.82, 2.24) is 9.97 Å². The van der Waals surface area contributed by atoms with Gasteiger partial charge in [-0.2, -0.15) is 13.2 Å². The molecule has 1 aromatic heterocycles. The van der Waals surface area contributed by atoms with Gasteiger partial charge in [0.15, 0.2) is 5.69 Å². The fraction of sp³-hybridized carbons (Fsp3) is 0.167. The van der Waals surface area contributed by atoms with Gasteiger partial charge in [-0.15, -0.1) is 0 Å². The van der Waals surface area contributed by atoms with Crippen molar-refractivity contribution in [1.29, 1.82) is 0 Å². The number of H-pyrrole nitrogens is 1. The molecule has 1 aromatic carbocycles. The first-order valence-corrected chi connectivity index (χ1v) is 6.12. The molecule has 0 radical (unpaired) electrons. The molecule has 0 atom stereocenters. The average Bonchev–Trinajstić information content (AvgIpc) is 2.33. The maximum Gasteiger partial charge on any atom is 0.433 e. The average molecular weight is 323 g/mol. The van der Waals surface area contributed by atoms with Crippen LogP contribution >= 0.6 is 23.2 Å². The minimum Gasteiger partial charge on any atom is -0.313 e. The molecular weight excluding hydrogens is 316 g/mol. The minimum atomic E-state index is -4.71. The predicted octanol–water partition coefficient (Wildman–Crippen LogP) is 3.69. The molecule has 0 aliphatic rings. The summed E-state index contributed by atoms with van der Waals surface area (Å²) < 4.78 is 38.5. The maximum atomic E-state index is 12.8. The SMILES string of the molecule is O=c1[nH]cnc(C(F)(F)F)c1Cc1ccc(Cl)cc1Cl. The largest absolute Gasteiger partial charge is 0.433 e. The number of nitrogens with one attached hydrogen (secondary N) is 1. The van der Waals surface area contributed by atoms with Crippen molar-refractivity contribution in [3.63, 3.8) is 0 Å². The van der Waals surface area contributed by atoms with Gasteiger partial charge < -0.3 is 4.98 Å². The Hall–Kier alpha value is -1.53. The summed E-state index contributed by atoms with van der Waals surface area (Å²) in [7, 11) is 0. The number of benzene rings is 1. The summed E-state index contributed by atoms with van der Waals surface area (Å²) in [6.07, 6.45) is -4.27. The number of aromatic nitrogens is 2. The lowest BCUT2D eigenvalue weighted by Gasteiger charge is -2.11. The standard InChI is InChI=1S/C12H7Cl2F3N2O/c13-7-2-1-6(9(14)4-7)3-8-10(12(15,16)17)18-5-19-11(8)20/h1-2,4-5H,3H2,(H,18,19,20). The Morgan fingerprint density at radius 2 is 1.95 bits per heavy atom. The van der Waals surface area contributed by atoms with E-state index in [1.807, 2.05) is 0 Å². The number of nitrogens with zero attached hydrogens (tertiary/aromatic N) is 1. The van der Waals surface area contributed by atoms with Crippen molar-refractivity contribution in [3.05, 3.63) is 61.7 Å². The van der Waals surface area contributed by atoms with E-state index in [2.05, 4.69) is 9.97 Å². The number of rotatable bonds is 2. The molecule has 0 unspecified atom stereocenters. The van der Waals surface area contributed by atoms with Crippen LogP contribution in [0, 0.1) is 0 Å². The van der Waals surface area contributed by atoms with E-state index in [4.69, 9.17) is 23.2 Å². The normalized spacial score (nSPS) is 11.7. The van der Waals surface area contributed by atoms with Gasteiger partial charge in [-0.05, 0) is 17.7 Å². The number of hydrogen-bond donors (Lipinski definition) is 1. The van der Waals surface area contributed by atoms with Gasteiger partial charge in [-0.25, -0.2) is 4.98 Å². The molecular formula is C12H7Cl2F3N2O. The summed E-state index contributed by atoms with van der Waals surface area (Å²) in [5, 5.41) is 0.545. The molecule has 0 aliphatic carbocycles. The van der Waals surface area contributed by atoms with Crippen molar-refractivity contribution < 1.29 is 13.2 Å². The third-order valence-corrected chi connectivity index (χ3v) is 3.19. The minimum absolute atomic E-state index is 0.189. The van der Waals surface area contributed by atoms with Gasteiger partial charge >= 0.3 is 6.18 Å². The van der Waals surface area contributed by atoms with Crippen LogP contribution in [-0.4, -0.2) is 9.97 Å². The molecule has 0 spiro atoms. The molecule has 20 heavy (non-hydrogen) atoms. The number of alkyl halides is 3. The van der Waals surface area contributed by atoms with E-state index in [9.17, 15) is 18.0 Å². The van der Waals surface area contributed by atoms with E-state index < -0.39 is 23.0 Å². The third kappa shape index (κ3) is 3.13. The molecule has 0 bridgehead atoms. The van der Waals surface area contributed by atoms with Crippen LogP contribution in [0.1, 0.15) is 16.8 Å². The lowest BCUT2D eigenvalue weighted by atomic mass is 10.0. The molecule has 1 heterocycles. The summed E-state index contributed by atoms with van der Waals surface area (Å²) in [5.41, 5.74) is -2.19. The Balaban J connectivity index is 2.51. The summed E-state index contributed by atoms with van der Waals surface area (Å²) in [6, 6.07) is 4.36. The smallest absolute Gasteiger partial charge is 0.313 e. The highest BCUT2D eigenvalue weighted by molar-refractivity contribution is 6.35. The molecule has 2 aromatic rings. The zero-order valence-corrected chi connectivity index (χ0v) is 11.3. The Kier molecular flexibility index (Phi) is 4.06. The lowest BCUT2D eigenvalue weighted by Crippen LogP contribution is -2.22. The van der Waals surface area contributed by atoms with E-state index in [0.717, 1.165) is 6.33 Å². The monoisotopic (exact) mass is 322 g/mol. The second-order valence-electron chi connectivity index (χ2n) is 3.97. The van der Waals surface area contributed by atoms with Gasteiger partial charge in [-0.1, -0.05) is 29.3 Å². The predicted molar refractivity (Wildman–Crippen MR) is 69.1 cm³/mol. The summed E-state index contributed by atoms with van der Waals surface area (Å²) in [5.74, 6) is 0. The van der Waals surface area contributed by atoms with Gasteiger partial charge in [0.25, 0.3) is 5.56 Å². The van der Waals surface area contributed by atoms with Crippen molar-refractivity contribution >= 4 is 23.2 Å². The van der Waals surface area contributed by atoms with Crippen LogP contribution < -0.4 is 5.56 Å². The van der Waals surface area contributed by atoms with Crippen LogP contribution in [0.3, 0.4) is 0 Å². The Labute approximate surface area is 121 Å².